The van der Waals surface area contributed by atoms with Crippen molar-refractivity contribution in [3.05, 3.63) is 42.0 Å². The average Bonchev–Trinajstić information content (AvgIpc) is 2.38. The summed E-state index contributed by atoms with van der Waals surface area (Å²) in [5.41, 5.74) is 2.76. The minimum atomic E-state index is 0.757. The Morgan fingerprint density at radius 3 is 2.39 bits per heavy atom. The van der Waals surface area contributed by atoms with Crippen LogP contribution in [0.1, 0.15) is 57.1 Å². The minimum absolute atomic E-state index is 0.757. The lowest BCUT2D eigenvalue weighted by molar-refractivity contribution is 0.197. The third-order valence-corrected chi connectivity index (χ3v) is 4.62. The summed E-state index contributed by atoms with van der Waals surface area (Å²) in [6.07, 6.45) is 6.08. The van der Waals surface area contributed by atoms with Crippen LogP contribution < -0.4 is 0 Å². The molecule has 0 aromatic heterocycles. The second-order valence-electron chi connectivity index (χ2n) is 6.30. The molecule has 0 saturated heterocycles. The Labute approximate surface area is 112 Å². The van der Waals surface area contributed by atoms with E-state index in [1.165, 1.54) is 30.4 Å². The summed E-state index contributed by atoms with van der Waals surface area (Å²) < 4.78 is 0. The minimum Gasteiger partial charge on any atom is -0.0985 e. The van der Waals surface area contributed by atoms with E-state index < -0.39 is 0 Å². The largest absolute Gasteiger partial charge is 0.0985 e. The van der Waals surface area contributed by atoms with E-state index in [9.17, 15) is 0 Å². The molecule has 0 N–H and O–H groups in total. The van der Waals surface area contributed by atoms with Crippen molar-refractivity contribution in [3.63, 3.8) is 0 Å². The molecule has 1 aliphatic rings. The SMILES string of the molecule is C=Cc1ccc(C2CC(C)CCC2C(C)C)cc1. The molecule has 0 amide bonds. The Morgan fingerprint density at radius 1 is 1.17 bits per heavy atom. The van der Waals surface area contributed by atoms with E-state index in [1.54, 1.807) is 0 Å². The van der Waals surface area contributed by atoms with Gasteiger partial charge in [0.05, 0.1) is 0 Å². The molecule has 18 heavy (non-hydrogen) atoms. The molecular weight excluding hydrogens is 216 g/mol. The first-order valence-electron chi connectivity index (χ1n) is 7.34. The quantitative estimate of drug-likeness (QED) is 0.656. The number of hydrogen-bond acceptors (Lipinski definition) is 0. The van der Waals surface area contributed by atoms with Gasteiger partial charge < -0.3 is 0 Å². The zero-order valence-corrected chi connectivity index (χ0v) is 12.0. The number of benzene rings is 1. The molecule has 1 aliphatic carbocycles. The Morgan fingerprint density at radius 2 is 1.83 bits per heavy atom. The smallest absolute Gasteiger partial charge is 0.0129 e. The topological polar surface area (TPSA) is 0 Å². The van der Waals surface area contributed by atoms with Crippen molar-refractivity contribution < 1.29 is 0 Å². The Bertz CT molecular complexity index is 385. The van der Waals surface area contributed by atoms with Crippen LogP contribution >= 0.6 is 0 Å². The normalized spacial score (nSPS) is 28.3. The fourth-order valence-corrected chi connectivity index (χ4v) is 3.46. The Hall–Kier alpha value is -1.04. The van der Waals surface area contributed by atoms with E-state index in [4.69, 9.17) is 0 Å². The lowest BCUT2D eigenvalue weighted by Gasteiger charge is -2.37. The maximum absolute atomic E-state index is 3.83. The van der Waals surface area contributed by atoms with Crippen LogP contribution in [-0.4, -0.2) is 0 Å². The van der Waals surface area contributed by atoms with E-state index in [-0.39, 0.29) is 0 Å². The molecule has 3 unspecified atom stereocenters. The molecule has 0 bridgehead atoms. The van der Waals surface area contributed by atoms with Gasteiger partial charge in [0.1, 0.15) is 0 Å². The average molecular weight is 242 g/mol. The first-order chi connectivity index (χ1) is 8.61. The highest BCUT2D eigenvalue weighted by atomic mass is 14.4. The van der Waals surface area contributed by atoms with Crippen LogP contribution in [0.25, 0.3) is 6.08 Å². The third kappa shape index (κ3) is 2.85. The van der Waals surface area contributed by atoms with Crippen molar-refractivity contribution in [1.29, 1.82) is 0 Å². The standard InChI is InChI=1S/C18H26/c1-5-15-7-9-16(10-8-15)18-12-14(4)6-11-17(18)13(2)3/h5,7-10,13-14,17-18H,1,6,11-12H2,2-4H3. The summed E-state index contributed by atoms with van der Waals surface area (Å²) in [5, 5.41) is 0. The second kappa shape index (κ2) is 5.73. The van der Waals surface area contributed by atoms with Crippen LogP contribution in [0.15, 0.2) is 30.8 Å². The van der Waals surface area contributed by atoms with Gasteiger partial charge in [-0.15, -0.1) is 0 Å². The van der Waals surface area contributed by atoms with E-state index >= 15 is 0 Å². The van der Waals surface area contributed by atoms with Crippen molar-refractivity contribution in [3.8, 4) is 0 Å². The fourth-order valence-electron chi connectivity index (χ4n) is 3.46. The van der Waals surface area contributed by atoms with Crippen molar-refractivity contribution in [2.24, 2.45) is 17.8 Å². The molecule has 0 radical (unpaired) electrons. The highest BCUT2D eigenvalue weighted by molar-refractivity contribution is 5.47. The van der Waals surface area contributed by atoms with Crippen LogP contribution in [0.2, 0.25) is 0 Å². The van der Waals surface area contributed by atoms with Crippen LogP contribution in [0, 0.1) is 17.8 Å². The van der Waals surface area contributed by atoms with Gasteiger partial charge >= 0.3 is 0 Å². The molecule has 98 valence electrons. The van der Waals surface area contributed by atoms with E-state index in [0.29, 0.717) is 0 Å². The maximum atomic E-state index is 3.83. The molecule has 0 spiro atoms. The van der Waals surface area contributed by atoms with Gasteiger partial charge in [-0.25, -0.2) is 0 Å². The van der Waals surface area contributed by atoms with Gasteiger partial charge in [0.25, 0.3) is 0 Å². The molecule has 0 heteroatoms. The van der Waals surface area contributed by atoms with E-state index in [1.807, 2.05) is 6.08 Å². The summed E-state index contributed by atoms with van der Waals surface area (Å²) in [5.74, 6) is 3.29. The molecule has 1 aromatic carbocycles. The lowest BCUT2D eigenvalue weighted by atomic mass is 9.67. The Kier molecular flexibility index (Phi) is 4.27. The third-order valence-electron chi connectivity index (χ3n) is 4.62. The molecule has 1 fully saturated rings. The molecule has 1 saturated carbocycles. The van der Waals surface area contributed by atoms with Gasteiger partial charge in [-0.2, -0.15) is 0 Å². The summed E-state index contributed by atoms with van der Waals surface area (Å²) in [6.45, 7) is 11.0. The van der Waals surface area contributed by atoms with Crippen LogP contribution in [0.5, 0.6) is 0 Å². The van der Waals surface area contributed by atoms with Crippen molar-refractivity contribution >= 4 is 6.08 Å². The van der Waals surface area contributed by atoms with E-state index in [0.717, 1.165) is 23.7 Å². The van der Waals surface area contributed by atoms with Gasteiger partial charge in [0, 0.05) is 0 Å². The molecular formula is C18H26. The summed E-state index contributed by atoms with van der Waals surface area (Å²) in [4.78, 5) is 0. The molecule has 1 aromatic rings. The molecule has 0 nitrogen and oxygen atoms in total. The van der Waals surface area contributed by atoms with Gasteiger partial charge in [-0.1, -0.05) is 64.1 Å². The monoisotopic (exact) mass is 242 g/mol. The summed E-state index contributed by atoms with van der Waals surface area (Å²) in [7, 11) is 0. The number of rotatable bonds is 3. The van der Waals surface area contributed by atoms with Crippen LogP contribution in [0.3, 0.4) is 0 Å². The van der Waals surface area contributed by atoms with Crippen LogP contribution in [0.4, 0.5) is 0 Å². The molecule has 2 rings (SSSR count). The predicted octanol–water partition coefficient (Wildman–Crippen LogP) is 5.51. The van der Waals surface area contributed by atoms with Crippen molar-refractivity contribution in [2.75, 3.05) is 0 Å². The zero-order valence-electron chi connectivity index (χ0n) is 12.0. The second-order valence-corrected chi connectivity index (χ2v) is 6.30. The molecule has 0 heterocycles. The summed E-state index contributed by atoms with van der Waals surface area (Å²) in [6, 6.07) is 9.04. The molecule has 0 aliphatic heterocycles. The van der Waals surface area contributed by atoms with E-state index in [2.05, 4.69) is 51.6 Å². The van der Waals surface area contributed by atoms with Gasteiger partial charge in [-0.3, -0.25) is 0 Å². The van der Waals surface area contributed by atoms with Gasteiger partial charge in [-0.05, 0) is 47.6 Å². The van der Waals surface area contributed by atoms with Crippen molar-refractivity contribution in [1.82, 2.24) is 0 Å². The fraction of sp³-hybridized carbons (Fsp3) is 0.556. The maximum Gasteiger partial charge on any atom is -0.0129 e. The predicted molar refractivity (Wildman–Crippen MR) is 80.6 cm³/mol. The van der Waals surface area contributed by atoms with Gasteiger partial charge in [0.2, 0.25) is 0 Å². The highest BCUT2D eigenvalue weighted by Crippen LogP contribution is 2.43. The molecule has 3 atom stereocenters. The highest BCUT2D eigenvalue weighted by Gasteiger charge is 2.31. The summed E-state index contributed by atoms with van der Waals surface area (Å²) >= 11 is 0. The first-order valence-corrected chi connectivity index (χ1v) is 7.34. The van der Waals surface area contributed by atoms with Crippen LogP contribution in [-0.2, 0) is 0 Å². The van der Waals surface area contributed by atoms with Crippen molar-refractivity contribution in [2.45, 2.75) is 46.0 Å². The number of hydrogen-bond donors (Lipinski definition) is 0. The zero-order chi connectivity index (χ0) is 13.1. The first kappa shape index (κ1) is 13.4. The van der Waals surface area contributed by atoms with Gasteiger partial charge in [0.15, 0.2) is 0 Å². The lowest BCUT2D eigenvalue weighted by Crippen LogP contribution is -2.26. The Balaban J connectivity index is 2.23.